The highest BCUT2D eigenvalue weighted by molar-refractivity contribution is 7.89. The van der Waals surface area contributed by atoms with Crippen molar-refractivity contribution in [3.05, 3.63) is 0 Å². The molecule has 0 aromatic carbocycles. The highest BCUT2D eigenvalue weighted by atomic mass is 32.2. The van der Waals surface area contributed by atoms with Crippen molar-refractivity contribution >= 4 is 10.0 Å². The van der Waals surface area contributed by atoms with E-state index in [4.69, 9.17) is 0 Å². The van der Waals surface area contributed by atoms with Gasteiger partial charge < -0.3 is 5.32 Å². The number of nitrogens with one attached hydrogen (secondary N) is 2. The summed E-state index contributed by atoms with van der Waals surface area (Å²) in [5.41, 5.74) is 0.210. The van der Waals surface area contributed by atoms with Crippen LogP contribution in [0.3, 0.4) is 0 Å². The average Bonchev–Trinajstić information content (AvgIpc) is 2.37. The van der Waals surface area contributed by atoms with E-state index in [1.165, 1.54) is 32.1 Å². The molecule has 0 aromatic rings. The fourth-order valence-corrected chi connectivity index (χ4v) is 5.18. The van der Waals surface area contributed by atoms with Gasteiger partial charge in [0.2, 0.25) is 10.0 Å². The van der Waals surface area contributed by atoms with E-state index >= 15 is 0 Å². The Labute approximate surface area is 124 Å². The topological polar surface area (TPSA) is 58.2 Å². The maximum atomic E-state index is 12.1. The van der Waals surface area contributed by atoms with Crippen molar-refractivity contribution in [2.75, 3.05) is 12.3 Å². The molecule has 0 aromatic heterocycles. The van der Waals surface area contributed by atoms with E-state index in [1.54, 1.807) is 0 Å². The molecule has 2 fully saturated rings. The van der Waals surface area contributed by atoms with E-state index in [2.05, 4.69) is 23.9 Å². The summed E-state index contributed by atoms with van der Waals surface area (Å²) in [4.78, 5) is 0. The Kier molecular flexibility index (Phi) is 5.49. The number of rotatable bonds is 5. The summed E-state index contributed by atoms with van der Waals surface area (Å²) in [6, 6.07) is 0.131. The van der Waals surface area contributed by atoms with Crippen LogP contribution in [0, 0.1) is 5.92 Å². The van der Waals surface area contributed by atoms with E-state index in [0.29, 0.717) is 5.92 Å². The lowest BCUT2D eigenvalue weighted by Crippen LogP contribution is -2.57. The SMILES string of the molecule is CC(C)CCS(=O)(=O)NC1CCNC2(CCCCC2)C1. The average molecular weight is 302 g/mol. The minimum atomic E-state index is -3.11. The minimum Gasteiger partial charge on any atom is -0.311 e. The number of piperidine rings is 1. The van der Waals surface area contributed by atoms with E-state index in [-0.39, 0.29) is 17.3 Å². The molecule has 1 aliphatic heterocycles. The van der Waals surface area contributed by atoms with E-state index < -0.39 is 10.0 Å². The Morgan fingerprint density at radius 1 is 1.25 bits per heavy atom. The second kappa shape index (κ2) is 6.75. The van der Waals surface area contributed by atoms with Gasteiger partial charge in [-0.25, -0.2) is 13.1 Å². The summed E-state index contributed by atoms with van der Waals surface area (Å²) in [7, 11) is -3.11. The summed E-state index contributed by atoms with van der Waals surface area (Å²) in [6.45, 7) is 5.07. The van der Waals surface area contributed by atoms with Gasteiger partial charge in [-0.1, -0.05) is 33.1 Å². The molecule has 20 heavy (non-hydrogen) atoms. The Morgan fingerprint density at radius 3 is 2.60 bits per heavy atom. The van der Waals surface area contributed by atoms with Crippen LogP contribution in [0.15, 0.2) is 0 Å². The molecule has 0 radical (unpaired) electrons. The standard InChI is InChI=1S/C15H30N2O2S/c1-13(2)7-11-20(18,19)17-14-6-10-16-15(12-14)8-4-3-5-9-15/h13-14,16-17H,3-12H2,1-2H3. The van der Waals surface area contributed by atoms with Gasteiger partial charge in [-0.05, 0) is 44.6 Å². The Morgan fingerprint density at radius 2 is 1.95 bits per heavy atom. The molecule has 2 N–H and O–H groups in total. The molecule has 1 heterocycles. The van der Waals surface area contributed by atoms with Crippen molar-refractivity contribution in [3.8, 4) is 0 Å². The molecule has 1 atom stereocenters. The molecule has 118 valence electrons. The summed E-state index contributed by atoms with van der Waals surface area (Å²) < 4.78 is 27.2. The zero-order chi connectivity index (χ0) is 14.6. The largest absolute Gasteiger partial charge is 0.311 e. The van der Waals surface area contributed by atoms with E-state index in [1.807, 2.05) is 0 Å². The number of hydrogen-bond acceptors (Lipinski definition) is 3. The van der Waals surface area contributed by atoms with Crippen LogP contribution in [-0.2, 0) is 10.0 Å². The molecule has 1 unspecified atom stereocenters. The molecule has 0 bridgehead atoms. The van der Waals surface area contributed by atoms with Crippen LogP contribution in [0.1, 0.15) is 65.2 Å². The predicted octanol–water partition coefficient (Wildman–Crippen LogP) is 2.41. The highest BCUT2D eigenvalue weighted by Crippen LogP contribution is 2.34. The zero-order valence-corrected chi connectivity index (χ0v) is 13.8. The molecule has 4 nitrogen and oxygen atoms in total. The van der Waals surface area contributed by atoms with Crippen molar-refractivity contribution in [3.63, 3.8) is 0 Å². The number of sulfonamides is 1. The third kappa shape index (κ3) is 4.71. The first-order chi connectivity index (χ1) is 9.41. The van der Waals surface area contributed by atoms with Crippen molar-refractivity contribution in [2.24, 2.45) is 5.92 Å². The fraction of sp³-hybridized carbons (Fsp3) is 1.00. The fourth-order valence-electron chi connectivity index (χ4n) is 3.57. The van der Waals surface area contributed by atoms with Crippen LogP contribution in [0.2, 0.25) is 0 Å². The van der Waals surface area contributed by atoms with Crippen LogP contribution in [0.5, 0.6) is 0 Å². The lowest BCUT2D eigenvalue weighted by Gasteiger charge is -2.44. The highest BCUT2D eigenvalue weighted by Gasteiger charge is 2.37. The molecule has 2 rings (SSSR count). The third-order valence-electron chi connectivity index (χ3n) is 4.75. The molecular weight excluding hydrogens is 272 g/mol. The first-order valence-electron chi connectivity index (χ1n) is 8.16. The molecule has 2 aliphatic rings. The van der Waals surface area contributed by atoms with Crippen molar-refractivity contribution in [2.45, 2.75) is 76.8 Å². The lowest BCUT2D eigenvalue weighted by molar-refractivity contribution is 0.165. The quantitative estimate of drug-likeness (QED) is 0.820. The summed E-state index contributed by atoms with van der Waals surface area (Å²) in [5.74, 6) is 0.700. The lowest BCUT2D eigenvalue weighted by atomic mass is 9.75. The molecule has 1 aliphatic carbocycles. The molecule has 0 amide bonds. The van der Waals surface area contributed by atoms with Gasteiger partial charge in [-0.15, -0.1) is 0 Å². The van der Waals surface area contributed by atoms with E-state index in [0.717, 1.165) is 25.8 Å². The van der Waals surface area contributed by atoms with Crippen molar-refractivity contribution in [1.29, 1.82) is 0 Å². The van der Waals surface area contributed by atoms with Crippen LogP contribution >= 0.6 is 0 Å². The van der Waals surface area contributed by atoms with Gasteiger partial charge in [0.05, 0.1) is 5.75 Å². The van der Waals surface area contributed by atoms with Gasteiger partial charge in [0.1, 0.15) is 0 Å². The summed E-state index contributed by atoms with van der Waals surface area (Å²) >= 11 is 0. The molecule has 5 heteroatoms. The van der Waals surface area contributed by atoms with Crippen molar-refractivity contribution in [1.82, 2.24) is 10.0 Å². The summed E-state index contributed by atoms with van der Waals surface area (Å²) in [6.07, 6.45) is 8.92. The van der Waals surface area contributed by atoms with E-state index in [9.17, 15) is 8.42 Å². The second-order valence-corrected chi connectivity index (χ2v) is 8.95. The Balaban J connectivity index is 1.89. The van der Waals surface area contributed by atoms with Crippen LogP contribution < -0.4 is 10.0 Å². The van der Waals surface area contributed by atoms with Gasteiger partial charge in [-0.2, -0.15) is 0 Å². The number of hydrogen-bond donors (Lipinski definition) is 2. The Hall–Kier alpha value is -0.130. The zero-order valence-electron chi connectivity index (χ0n) is 13.0. The maximum Gasteiger partial charge on any atom is 0.211 e. The van der Waals surface area contributed by atoms with Crippen LogP contribution in [-0.4, -0.2) is 32.3 Å². The molecule has 1 saturated heterocycles. The molecule has 1 spiro atoms. The monoisotopic (exact) mass is 302 g/mol. The maximum absolute atomic E-state index is 12.1. The van der Waals surface area contributed by atoms with Gasteiger partial charge in [0.25, 0.3) is 0 Å². The Bertz CT molecular complexity index is 395. The first kappa shape index (κ1) is 16.2. The van der Waals surface area contributed by atoms with Crippen LogP contribution in [0.4, 0.5) is 0 Å². The molecular formula is C15H30N2O2S. The molecule has 1 saturated carbocycles. The van der Waals surface area contributed by atoms with Gasteiger partial charge in [-0.3, -0.25) is 0 Å². The third-order valence-corrected chi connectivity index (χ3v) is 6.22. The summed E-state index contributed by atoms with van der Waals surface area (Å²) in [5, 5.41) is 3.67. The second-order valence-electron chi connectivity index (χ2n) is 7.08. The van der Waals surface area contributed by atoms with Gasteiger partial charge >= 0.3 is 0 Å². The smallest absolute Gasteiger partial charge is 0.211 e. The first-order valence-corrected chi connectivity index (χ1v) is 9.81. The van der Waals surface area contributed by atoms with Gasteiger partial charge in [0.15, 0.2) is 0 Å². The normalized spacial score (nSPS) is 27.1. The minimum absolute atomic E-state index is 0.131. The van der Waals surface area contributed by atoms with Crippen molar-refractivity contribution < 1.29 is 8.42 Å². The van der Waals surface area contributed by atoms with Gasteiger partial charge in [0, 0.05) is 11.6 Å². The van der Waals surface area contributed by atoms with Crippen LogP contribution in [0.25, 0.3) is 0 Å². The predicted molar refractivity (Wildman–Crippen MR) is 83.2 cm³/mol.